The molecule has 0 aromatic heterocycles. The van der Waals surface area contributed by atoms with Gasteiger partial charge in [0, 0.05) is 19.6 Å². The minimum absolute atomic E-state index is 0.00555. The maximum Gasteiger partial charge on any atom is 0.317 e. The van der Waals surface area contributed by atoms with Crippen molar-refractivity contribution in [2.24, 2.45) is 23.5 Å². The molecule has 0 spiro atoms. The molecule has 1 saturated heterocycles. The molecule has 2 rings (SSSR count). The zero-order chi connectivity index (χ0) is 14.7. The predicted molar refractivity (Wildman–Crippen MR) is 70.7 cm³/mol. The molecule has 0 radical (unpaired) electrons. The first-order chi connectivity index (χ1) is 9.49. The van der Waals surface area contributed by atoms with E-state index in [1.165, 1.54) is 0 Å². The number of nitrogens with two attached hydrogens (primary N) is 1. The summed E-state index contributed by atoms with van der Waals surface area (Å²) >= 11 is 0. The molecular weight excluding hydrogens is 262 g/mol. The number of amides is 3. The maximum atomic E-state index is 12.0. The lowest BCUT2D eigenvalue weighted by Crippen LogP contribution is -2.42. The van der Waals surface area contributed by atoms with E-state index in [1.807, 2.05) is 0 Å². The fourth-order valence-electron chi connectivity index (χ4n) is 3.11. The summed E-state index contributed by atoms with van der Waals surface area (Å²) in [5.41, 5.74) is 5.22. The van der Waals surface area contributed by atoms with E-state index in [9.17, 15) is 14.4 Å². The minimum Gasteiger partial charge on any atom is -0.481 e. The van der Waals surface area contributed by atoms with Gasteiger partial charge in [0.15, 0.2) is 0 Å². The normalized spacial score (nSPS) is 29.4. The van der Waals surface area contributed by atoms with Crippen molar-refractivity contribution in [1.29, 1.82) is 0 Å². The van der Waals surface area contributed by atoms with Gasteiger partial charge in [-0.1, -0.05) is 6.42 Å². The highest BCUT2D eigenvalue weighted by atomic mass is 16.4. The van der Waals surface area contributed by atoms with Crippen molar-refractivity contribution in [2.75, 3.05) is 19.6 Å². The predicted octanol–water partition coefficient (Wildman–Crippen LogP) is 0.00410. The number of primary amides is 1. The van der Waals surface area contributed by atoms with Crippen molar-refractivity contribution >= 4 is 17.9 Å². The molecule has 7 heteroatoms. The zero-order valence-corrected chi connectivity index (χ0v) is 11.4. The molecular formula is C13H21N3O4. The van der Waals surface area contributed by atoms with E-state index in [2.05, 4.69) is 5.32 Å². The number of carboxylic acids is 1. The van der Waals surface area contributed by atoms with Crippen LogP contribution in [-0.4, -0.2) is 47.5 Å². The van der Waals surface area contributed by atoms with Gasteiger partial charge in [-0.3, -0.25) is 9.59 Å². The van der Waals surface area contributed by atoms with Crippen LogP contribution in [0.3, 0.4) is 0 Å². The van der Waals surface area contributed by atoms with Gasteiger partial charge in [-0.2, -0.15) is 0 Å². The fraction of sp³-hybridized carbons (Fsp3) is 0.769. The number of hydrogen-bond acceptors (Lipinski definition) is 3. The summed E-state index contributed by atoms with van der Waals surface area (Å²) in [6.07, 6.45) is 3.01. The minimum atomic E-state index is -0.781. The van der Waals surface area contributed by atoms with Crippen LogP contribution in [0.15, 0.2) is 0 Å². The van der Waals surface area contributed by atoms with E-state index in [0.29, 0.717) is 32.5 Å². The molecule has 1 saturated carbocycles. The fourth-order valence-corrected chi connectivity index (χ4v) is 3.11. The van der Waals surface area contributed by atoms with E-state index in [1.54, 1.807) is 4.90 Å². The number of nitrogens with zero attached hydrogens (tertiary/aromatic N) is 1. The SMILES string of the molecule is NC(=O)C1CCN(C(=O)NCC2CCCC2C(=O)O)C1. The molecule has 3 atom stereocenters. The van der Waals surface area contributed by atoms with Crippen LogP contribution in [-0.2, 0) is 9.59 Å². The standard InChI is InChI=1S/C13H21N3O4/c14-11(17)9-4-5-16(7-9)13(20)15-6-8-2-1-3-10(8)12(18)19/h8-10H,1-7H2,(H2,14,17)(H,15,20)(H,18,19). The third kappa shape index (κ3) is 3.20. The molecule has 1 aliphatic heterocycles. The largest absolute Gasteiger partial charge is 0.481 e. The highest BCUT2D eigenvalue weighted by Crippen LogP contribution is 2.31. The summed E-state index contributed by atoms with van der Waals surface area (Å²) in [6, 6.07) is -0.232. The number of likely N-dealkylation sites (tertiary alicyclic amines) is 1. The molecule has 1 heterocycles. The first-order valence-electron chi connectivity index (χ1n) is 7.04. The summed E-state index contributed by atoms with van der Waals surface area (Å²) in [5, 5.41) is 11.9. The molecule has 1 aliphatic carbocycles. The van der Waals surface area contributed by atoms with Crippen LogP contribution < -0.4 is 11.1 Å². The molecule has 7 nitrogen and oxygen atoms in total. The van der Waals surface area contributed by atoms with Gasteiger partial charge in [0.05, 0.1) is 11.8 Å². The van der Waals surface area contributed by atoms with Crippen LogP contribution in [0.1, 0.15) is 25.7 Å². The third-order valence-electron chi connectivity index (χ3n) is 4.37. The quantitative estimate of drug-likeness (QED) is 0.674. The van der Waals surface area contributed by atoms with Crippen LogP contribution in [0.25, 0.3) is 0 Å². The van der Waals surface area contributed by atoms with Crippen LogP contribution in [0.2, 0.25) is 0 Å². The highest BCUT2D eigenvalue weighted by molar-refractivity contribution is 5.80. The summed E-state index contributed by atoms with van der Waals surface area (Å²) in [6.45, 7) is 1.26. The number of nitrogens with one attached hydrogen (secondary N) is 1. The molecule has 2 fully saturated rings. The highest BCUT2D eigenvalue weighted by Gasteiger charge is 2.34. The van der Waals surface area contributed by atoms with Gasteiger partial charge >= 0.3 is 12.0 Å². The number of carbonyl (C=O) groups excluding carboxylic acids is 2. The molecule has 3 unspecified atom stereocenters. The first kappa shape index (κ1) is 14.6. The summed E-state index contributed by atoms with van der Waals surface area (Å²) < 4.78 is 0. The number of carbonyl (C=O) groups is 3. The van der Waals surface area contributed by atoms with E-state index in [0.717, 1.165) is 12.8 Å². The summed E-state index contributed by atoms with van der Waals surface area (Å²) in [5.74, 6) is -1.77. The number of hydrogen-bond donors (Lipinski definition) is 3. The first-order valence-corrected chi connectivity index (χ1v) is 7.04. The lowest BCUT2D eigenvalue weighted by atomic mass is 9.96. The van der Waals surface area contributed by atoms with E-state index in [4.69, 9.17) is 10.8 Å². The molecule has 20 heavy (non-hydrogen) atoms. The van der Waals surface area contributed by atoms with Gasteiger partial charge in [0.2, 0.25) is 5.91 Å². The lowest BCUT2D eigenvalue weighted by Gasteiger charge is -2.20. The van der Waals surface area contributed by atoms with Gasteiger partial charge < -0.3 is 21.1 Å². The van der Waals surface area contributed by atoms with Crippen molar-refractivity contribution in [3.63, 3.8) is 0 Å². The Morgan fingerprint density at radius 1 is 1.25 bits per heavy atom. The van der Waals surface area contributed by atoms with E-state index in [-0.39, 0.29) is 29.7 Å². The van der Waals surface area contributed by atoms with Crippen LogP contribution in [0.4, 0.5) is 4.79 Å². The average Bonchev–Trinajstić information content (AvgIpc) is 3.04. The van der Waals surface area contributed by atoms with Crippen molar-refractivity contribution in [2.45, 2.75) is 25.7 Å². The van der Waals surface area contributed by atoms with Crippen LogP contribution in [0.5, 0.6) is 0 Å². The lowest BCUT2D eigenvalue weighted by molar-refractivity contribution is -0.142. The molecule has 112 valence electrons. The smallest absolute Gasteiger partial charge is 0.317 e. The Morgan fingerprint density at radius 3 is 2.60 bits per heavy atom. The van der Waals surface area contributed by atoms with Crippen molar-refractivity contribution in [3.05, 3.63) is 0 Å². The average molecular weight is 283 g/mol. The Morgan fingerprint density at radius 2 is 2.00 bits per heavy atom. The maximum absolute atomic E-state index is 12.0. The molecule has 0 aromatic carbocycles. The molecule has 0 aromatic rings. The van der Waals surface area contributed by atoms with Crippen molar-refractivity contribution in [3.8, 4) is 0 Å². The molecule has 2 aliphatic rings. The van der Waals surface area contributed by atoms with Crippen molar-refractivity contribution in [1.82, 2.24) is 10.2 Å². The molecule has 3 amide bonds. The number of rotatable bonds is 4. The second-order valence-corrected chi connectivity index (χ2v) is 5.66. The van der Waals surface area contributed by atoms with Crippen LogP contribution in [0, 0.1) is 17.8 Å². The summed E-state index contributed by atoms with van der Waals surface area (Å²) in [4.78, 5) is 35.6. The number of aliphatic carboxylic acids is 1. The Balaban J connectivity index is 1.78. The summed E-state index contributed by atoms with van der Waals surface area (Å²) in [7, 11) is 0. The zero-order valence-electron chi connectivity index (χ0n) is 11.4. The Labute approximate surface area is 117 Å². The Kier molecular flexibility index (Phi) is 4.46. The van der Waals surface area contributed by atoms with Gasteiger partial charge in [-0.15, -0.1) is 0 Å². The van der Waals surface area contributed by atoms with Gasteiger partial charge in [-0.05, 0) is 25.2 Å². The third-order valence-corrected chi connectivity index (χ3v) is 4.37. The Hall–Kier alpha value is -1.79. The molecule has 4 N–H and O–H groups in total. The van der Waals surface area contributed by atoms with Gasteiger partial charge in [-0.25, -0.2) is 4.79 Å². The number of carboxylic acid groups (broad SMARTS) is 1. The van der Waals surface area contributed by atoms with Crippen LogP contribution >= 0.6 is 0 Å². The number of urea groups is 1. The Bertz CT molecular complexity index is 412. The monoisotopic (exact) mass is 283 g/mol. The van der Waals surface area contributed by atoms with Gasteiger partial charge in [0.1, 0.15) is 0 Å². The second kappa shape index (κ2) is 6.11. The van der Waals surface area contributed by atoms with Crippen molar-refractivity contribution < 1.29 is 19.5 Å². The second-order valence-electron chi connectivity index (χ2n) is 5.66. The van der Waals surface area contributed by atoms with E-state index >= 15 is 0 Å². The topological polar surface area (TPSA) is 113 Å². The molecule has 0 bridgehead atoms. The van der Waals surface area contributed by atoms with Gasteiger partial charge in [0.25, 0.3) is 0 Å². The van der Waals surface area contributed by atoms with E-state index < -0.39 is 5.97 Å².